The largest absolute Gasteiger partial charge is 1.00 e. The van der Waals surface area contributed by atoms with E-state index in [1.54, 1.807) is 12.1 Å². The fraction of sp³-hybridized carbons (Fsp3) is 0.111. The number of carbonyl (C=O) groups excluding carboxylic acids is 1. The molecule has 0 radical (unpaired) electrons. The standard InChI is InChI=1S/C27H22N2O3.Na/c1-17-11-12-24(32-18(2)19-8-4-3-5-9-19)25-22(27(30)31)15-23(28-26(17)25)20-14-21-10-6-7-13-29(21)16-20;/h3-16,18H,1-2H3,(H,30,31);/q;+1/p-1. The van der Waals surface area contributed by atoms with Gasteiger partial charge in [0.15, 0.2) is 0 Å². The van der Waals surface area contributed by atoms with Gasteiger partial charge in [0.05, 0.1) is 22.6 Å². The van der Waals surface area contributed by atoms with Gasteiger partial charge in [-0.05, 0) is 55.3 Å². The van der Waals surface area contributed by atoms with Crippen molar-refractivity contribution in [2.75, 3.05) is 0 Å². The number of fused-ring (bicyclic) bond motifs is 2. The summed E-state index contributed by atoms with van der Waals surface area (Å²) in [5.74, 6) is -0.785. The van der Waals surface area contributed by atoms with Crippen LogP contribution in [0.2, 0.25) is 0 Å². The van der Waals surface area contributed by atoms with Crippen molar-refractivity contribution in [2.45, 2.75) is 20.0 Å². The maximum atomic E-state index is 12.2. The summed E-state index contributed by atoms with van der Waals surface area (Å²) in [5.41, 5.74) is 4.95. The SMILES string of the molecule is Cc1ccc(OC(C)c2ccccc2)c2c(C(=O)[O-])cc(-c3cc4ccccn4c3)nc12.[Na+]. The molecule has 0 aliphatic rings. The van der Waals surface area contributed by atoms with Crippen molar-refractivity contribution in [1.29, 1.82) is 0 Å². The Morgan fingerprint density at radius 1 is 1.03 bits per heavy atom. The normalized spacial score (nSPS) is 11.8. The van der Waals surface area contributed by atoms with Crippen molar-refractivity contribution in [1.82, 2.24) is 9.38 Å². The Labute approximate surface area is 214 Å². The molecule has 1 unspecified atom stereocenters. The Balaban J connectivity index is 0.00000259. The number of carboxylic acid groups (broad SMARTS) is 1. The van der Waals surface area contributed by atoms with Crippen molar-refractivity contribution >= 4 is 22.4 Å². The van der Waals surface area contributed by atoms with Gasteiger partial charge in [0.2, 0.25) is 0 Å². The number of aryl methyl sites for hydroxylation is 1. The predicted octanol–water partition coefficient (Wildman–Crippen LogP) is 1.97. The van der Waals surface area contributed by atoms with Crippen LogP contribution in [0, 0.1) is 6.92 Å². The Morgan fingerprint density at radius 2 is 1.79 bits per heavy atom. The molecule has 0 aliphatic carbocycles. The summed E-state index contributed by atoms with van der Waals surface area (Å²) in [6, 6.07) is 23.0. The zero-order chi connectivity index (χ0) is 22.2. The first kappa shape index (κ1) is 23.1. The summed E-state index contributed by atoms with van der Waals surface area (Å²) in [4.78, 5) is 17.0. The molecule has 0 bridgehead atoms. The molecule has 5 nitrogen and oxygen atoms in total. The average Bonchev–Trinajstić information content (AvgIpc) is 3.25. The zero-order valence-corrected chi connectivity index (χ0v) is 20.8. The number of carbonyl (C=O) groups is 1. The van der Waals surface area contributed by atoms with Crippen LogP contribution in [0.25, 0.3) is 27.7 Å². The van der Waals surface area contributed by atoms with Crippen LogP contribution < -0.4 is 39.4 Å². The number of carboxylic acids is 1. The Hall–Kier alpha value is -3.12. The van der Waals surface area contributed by atoms with Crippen molar-refractivity contribution in [3.63, 3.8) is 0 Å². The molecule has 6 heteroatoms. The van der Waals surface area contributed by atoms with Crippen molar-refractivity contribution in [3.05, 3.63) is 102 Å². The van der Waals surface area contributed by atoms with E-state index in [1.165, 1.54) is 0 Å². The maximum absolute atomic E-state index is 12.2. The average molecular weight is 444 g/mol. The molecule has 5 aromatic rings. The molecule has 3 heterocycles. The topological polar surface area (TPSA) is 66.7 Å². The Bertz CT molecular complexity index is 1430. The minimum atomic E-state index is -1.26. The van der Waals surface area contributed by atoms with Gasteiger partial charge in [-0.2, -0.15) is 0 Å². The molecule has 1 atom stereocenters. The molecule has 2 aromatic carbocycles. The second-order valence-corrected chi connectivity index (χ2v) is 7.88. The van der Waals surface area contributed by atoms with Crippen molar-refractivity contribution in [2.24, 2.45) is 0 Å². The van der Waals surface area contributed by atoms with Gasteiger partial charge in [-0.25, -0.2) is 4.98 Å². The molecular formula is C27H21N2NaO3. The van der Waals surface area contributed by atoms with E-state index in [9.17, 15) is 9.90 Å². The number of aromatic carboxylic acids is 1. The van der Waals surface area contributed by atoms with Crippen LogP contribution in [0.3, 0.4) is 0 Å². The van der Waals surface area contributed by atoms with E-state index >= 15 is 0 Å². The molecule has 0 amide bonds. The molecule has 0 fully saturated rings. The third-order valence-electron chi connectivity index (χ3n) is 5.72. The molecule has 33 heavy (non-hydrogen) atoms. The van der Waals surface area contributed by atoms with E-state index in [0.717, 1.165) is 22.2 Å². The first-order valence-electron chi connectivity index (χ1n) is 10.5. The summed E-state index contributed by atoms with van der Waals surface area (Å²) in [6.07, 6.45) is 3.63. The predicted molar refractivity (Wildman–Crippen MR) is 123 cm³/mol. The van der Waals surface area contributed by atoms with Crippen LogP contribution in [-0.2, 0) is 0 Å². The van der Waals surface area contributed by atoms with Crippen molar-refractivity contribution in [3.8, 4) is 17.0 Å². The Kier molecular flexibility index (Phi) is 6.56. The fourth-order valence-corrected chi connectivity index (χ4v) is 4.03. The van der Waals surface area contributed by atoms with E-state index in [4.69, 9.17) is 9.72 Å². The van der Waals surface area contributed by atoms with Gasteiger partial charge < -0.3 is 19.0 Å². The molecule has 0 saturated heterocycles. The van der Waals surface area contributed by atoms with Gasteiger partial charge in [0, 0.05) is 29.0 Å². The molecule has 0 aliphatic heterocycles. The summed E-state index contributed by atoms with van der Waals surface area (Å²) in [7, 11) is 0. The molecular weight excluding hydrogens is 423 g/mol. The summed E-state index contributed by atoms with van der Waals surface area (Å²) in [6.45, 7) is 3.85. The number of benzene rings is 2. The molecule has 0 spiro atoms. The van der Waals surface area contributed by atoms with Gasteiger partial charge in [0.25, 0.3) is 0 Å². The molecule has 0 saturated carbocycles. The van der Waals surface area contributed by atoms with Gasteiger partial charge in [-0.1, -0.05) is 42.5 Å². The zero-order valence-electron chi connectivity index (χ0n) is 18.8. The smallest absolute Gasteiger partial charge is 0.545 e. The third-order valence-corrected chi connectivity index (χ3v) is 5.72. The number of hydrogen-bond acceptors (Lipinski definition) is 4. The summed E-state index contributed by atoms with van der Waals surface area (Å²) >= 11 is 0. The molecule has 3 aromatic heterocycles. The minimum absolute atomic E-state index is 0. The summed E-state index contributed by atoms with van der Waals surface area (Å²) in [5, 5.41) is 12.6. The summed E-state index contributed by atoms with van der Waals surface area (Å²) < 4.78 is 8.20. The number of hydrogen-bond donors (Lipinski definition) is 0. The number of rotatable bonds is 5. The van der Waals surface area contributed by atoms with E-state index in [0.29, 0.717) is 22.3 Å². The fourth-order valence-electron chi connectivity index (χ4n) is 4.03. The third kappa shape index (κ3) is 4.40. The van der Waals surface area contributed by atoms with Crippen LogP contribution in [0.1, 0.15) is 34.5 Å². The monoisotopic (exact) mass is 444 g/mol. The Morgan fingerprint density at radius 3 is 2.52 bits per heavy atom. The van der Waals surface area contributed by atoms with Gasteiger partial charge in [0.1, 0.15) is 11.9 Å². The number of pyridine rings is 2. The second kappa shape index (κ2) is 9.40. The van der Waals surface area contributed by atoms with Crippen LogP contribution in [-0.4, -0.2) is 15.4 Å². The molecule has 0 N–H and O–H groups in total. The van der Waals surface area contributed by atoms with E-state index in [-0.39, 0.29) is 41.2 Å². The maximum Gasteiger partial charge on any atom is 1.00 e. The van der Waals surface area contributed by atoms with Crippen LogP contribution in [0.5, 0.6) is 5.75 Å². The van der Waals surface area contributed by atoms with Gasteiger partial charge in [-0.15, -0.1) is 0 Å². The first-order valence-corrected chi connectivity index (χ1v) is 10.5. The van der Waals surface area contributed by atoms with E-state index in [2.05, 4.69) is 0 Å². The number of aromatic nitrogens is 2. The van der Waals surface area contributed by atoms with E-state index < -0.39 is 5.97 Å². The van der Waals surface area contributed by atoms with Crippen molar-refractivity contribution < 1.29 is 44.2 Å². The minimum Gasteiger partial charge on any atom is -0.545 e. The first-order chi connectivity index (χ1) is 15.5. The molecule has 158 valence electrons. The van der Waals surface area contributed by atoms with Crippen LogP contribution in [0.4, 0.5) is 0 Å². The molecule has 5 rings (SSSR count). The number of nitrogens with zero attached hydrogens (tertiary/aromatic N) is 2. The van der Waals surface area contributed by atoms with Crippen LogP contribution in [0.15, 0.2) is 85.2 Å². The van der Waals surface area contributed by atoms with Gasteiger partial charge >= 0.3 is 29.6 Å². The van der Waals surface area contributed by atoms with E-state index in [1.807, 2.05) is 91.3 Å². The quantitative estimate of drug-likeness (QED) is 0.389. The van der Waals surface area contributed by atoms with Crippen LogP contribution >= 0.6 is 0 Å². The second-order valence-electron chi connectivity index (χ2n) is 7.88. The number of ether oxygens (including phenoxy) is 1. The van der Waals surface area contributed by atoms with Gasteiger partial charge in [-0.3, -0.25) is 0 Å².